The van der Waals surface area contributed by atoms with Crippen molar-refractivity contribution >= 4 is 67.4 Å². The molecule has 0 fully saturated rings. The van der Waals surface area contributed by atoms with Gasteiger partial charge in [0.25, 0.3) is 0 Å². The number of hydrogen-bond acceptors (Lipinski definition) is 7. The maximum Gasteiger partial charge on any atom is 0.365 e. The fourth-order valence-corrected chi connectivity index (χ4v) is 6.36. The van der Waals surface area contributed by atoms with Crippen LogP contribution in [0, 0.1) is 0 Å². The first-order chi connectivity index (χ1) is 19.0. The van der Waals surface area contributed by atoms with Gasteiger partial charge in [-0.05, 0) is 67.2 Å². The molecule has 0 bridgehead atoms. The minimum atomic E-state index is -1.05. The number of nitrogens with zero attached hydrogens (tertiary/aromatic N) is 4. The van der Waals surface area contributed by atoms with E-state index in [0.717, 1.165) is 38.2 Å². The van der Waals surface area contributed by atoms with Crippen LogP contribution >= 0.6 is 39.3 Å². The van der Waals surface area contributed by atoms with Crippen molar-refractivity contribution in [2.24, 2.45) is 10.2 Å². The van der Waals surface area contributed by atoms with Gasteiger partial charge < -0.3 is 4.74 Å². The third-order valence-electron chi connectivity index (χ3n) is 6.38. The van der Waals surface area contributed by atoms with Gasteiger partial charge in [-0.3, -0.25) is 0 Å². The Kier molecular flexibility index (Phi) is 6.93. The fraction of sp³-hybridized carbons (Fsp3) is 0.100. The van der Waals surface area contributed by atoms with Gasteiger partial charge >= 0.3 is 5.97 Å². The molecule has 2 heterocycles. The van der Waals surface area contributed by atoms with E-state index in [1.54, 1.807) is 6.92 Å². The van der Waals surface area contributed by atoms with Crippen molar-refractivity contribution < 1.29 is 9.53 Å². The van der Waals surface area contributed by atoms with Crippen LogP contribution in [-0.2, 0) is 14.5 Å². The molecule has 194 valence electrons. The number of esters is 1. The van der Waals surface area contributed by atoms with E-state index in [4.69, 9.17) is 26.5 Å². The summed E-state index contributed by atoms with van der Waals surface area (Å²) in [7, 11) is 0. The second-order valence-corrected chi connectivity index (χ2v) is 11.3. The summed E-state index contributed by atoms with van der Waals surface area (Å²) in [5.41, 5.74) is 5.22. The van der Waals surface area contributed by atoms with E-state index in [9.17, 15) is 4.79 Å². The van der Waals surface area contributed by atoms with Gasteiger partial charge in [0.1, 0.15) is 0 Å². The highest BCUT2D eigenvalue weighted by Crippen LogP contribution is 2.55. The van der Waals surface area contributed by atoms with Crippen molar-refractivity contribution in [3.05, 3.63) is 129 Å². The molecule has 9 heteroatoms. The van der Waals surface area contributed by atoms with Crippen molar-refractivity contribution in [2.45, 2.75) is 11.9 Å². The van der Waals surface area contributed by atoms with Crippen LogP contribution in [0.1, 0.15) is 23.6 Å². The van der Waals surface area contributed by atoms with Crippen molar-refractivity contribution in [3.63, 3.8) is 0 Å². The average molecular weight is 618 g/mol. The Morgan fingerprint density at radius 1 is 0.872 bits per heavy atom. The van der Waals surface area contributed by atoms with Crippen molar-refractivity contribution in [2.75, 3.05) is 16.6 Å². The van der Waals surface area contributed by atoms with Crippen LogP contribution in [0.3, 0.4) is 0 Å². The molecule has 6 nitrogen and oxygen atoms in total. The highest BCUT2D eigenvalue weighted by Gasteiger charge is 2.56. The molecule has 0 aromatic heterocycles. The summed E-state index contributed by atoms with van der Waals surface area (Å²) in [5, 5.41) is 14.8. The van der Waals surface area contributed by atoms with Gasteiger partial charge in [0.05, 0.1) is 23.7 Å². The summed E-state index contributed by atoms with van der Waals surface area (Å²) in [5.74, 6) is -0.473. The molecule has 39 heavy (non-hydrogen) atoms. The topological polar surface area (TPSA) is 57.5 Å². The summed E-state index contributed by atoms with van der Waals surface area (Å²) in [6.45, 7) is 2.04. The van der Waals surface area contributed by atoms with Gasteiger partial charge in [0.2, 0.25) is 10.0 Å². The lowest BCUT2D eigenvalue weighted by molar-refractivity contribution is -0.134. The predicted octanol–water partition coefficient (Wildman–Crippen LogP) is 7.62. The summed E-state index contributed by atoms with van der Waals surface area (Å²) in [6.07, 6.45) is 0. The zero-order valence-electron chi connectivity index (χ0n) is 20.8. The van der Waals surface area contributed by atoms with Crippen LogP contribution in [0.15, 0.2) is 118 Å². The predicted molar refractivity (Wildman–Crippen MR) is 162 cm³/mol. The molecule has 0 amide bonds. The standard InChI is InChI=1S/C30H22BrClN4O2S/c1-2-38-29(37)28-34-36(24-18-14-21(31)15-19-24)30(39-28)26-11-7-6-10-25(26)27(20-12-16-22(32)17-13-20)33-35(30)23-8-4-3-5-9-23/h3-19H,2H2,1H3/t30-/m1/s1. The number of carbonyl (C=O) groups excluding carboxylic acids is 1. The molecule has 4 aromatic rings. The molecule has 1 atom stereocenters. The largest absolute Gasteiger partial charge is 0.461 e. The fourth-order valence-electron chi connectivity index (χ4n) is 4.68. The maximum absolute atomic E-state index is 13.1. The highest BCUT2D eigenvalue weighted by atomic mass is 79.9. The van der Waals surface area contributed by atoms with Gasteiger partial charge in [-0.25, -0.2) is 14.8 Å². The Morgan fingerprint density at radius 3 is 2.23 bits per heavy atom. The van der Waals surface area contributed by atoms with E-state index in [0.29, 0.717) is 5.02 Å². The Balaban J connectivity index is 1.64. The highest BCUT2D eigenvalue weighted by molar-refractivity contribution is 9.10. The normalized spacial score (nSPS) is 18.0. The van der Waals surface area contributed by atoms with Gasteiger partial charge in [0.15, 0.2) is 0 Å². The molecule has 1 spiro atoms. The number of hydrazone groups is 2. The van der Waals surface area contributed by atoms with Crippen LogP contribution < -0.4 is 10.0 Å². The van der Waals surface area contributed by atoms with Crippen LogP contribution in [0.4, 0.5) is 11.4 Å². The van der Waals surface area contributed by atoms with E-state index in [2.05, 4.69) is 28.1 Å². The second-order valence-electron chi connectivity index (χ2n) is 8.77. The third kappa shape index (κ3) is 4.52. The number of carbonyl (C=O) groups is 1. The minimum Gasteiger partial charge on any atom is -0.461 e. The first kappa shape index (κ1) is 25.7. The molecule has 0 saturated heterocycles. The number of anilines is 2. The molecular formula is C30H22BrClN4O2S. The number of para-hydroxylation sites is 1. The average Bonchev–Trinajstić information content (AvgIpc) is 3.36. The lowest BCUT2D eigenvalue weighted by atomic mass is 9.93. The van der Waals surface area contributed by atoms with Gasteiger partial charge in [-0.15, -0.1) is 0 Å². The molecule has 6 rings (SSSR count). The zero-order chi connectivity index (χ0) is 27.0. The second kappa shape index (κ2) is 10.5. The number of halogens is 2. The Morgan fingerprint density at radius 2 is 1.51 bits per heavy atom. The monoisotopic (exact) mass is 616 g/mol. The molecule has 0 aliphatic carbocycles. The van der Waals surface area contributed by atoms with Crippen LogP contribution in [0.2, 0.25) is 5.02 Å². The number of rotatable bonds is 5. The number of thioether (sulfide) groups is 1. The first-order valence-corrected chi connectivity index (χ1v) is 14.3. The SMILES string of the molecule is CCOC(=O)C1=NN(c2ccc(Br)cc2)[C@@]2(S1)c1ccccc1C(c1ccc(Cl)cc1)=NN2c1ccccc1. The van der Waals surface area contributed by atoms with Crippen LogP contribution in [0.5, 0.6) is 0 Å². The number of ether oxygens (including phenoxy) is 1. The molecule has 0 unspecified atom stereocenters. The van der Waals surface area contributed by atoms with E-state index >= 15 is 0 Å². The summed E-state index contributed by atoms with van der Waals surface area (Å²) in [6, 6.07) is 33.5. The van der Waals surface area contributed by atoms with E-state index < -0.39 is 11.0 Å². The lowest BCUT2D eigenvalue weighted by Gasteiger charge is -2.47. The van der Waals surface area contributed by atoms with Crippen molar-refractivity contribution in [1.29, 1.82) is 0 Å². The van der Waals surface area contributed by atoms with Crippen LogP contribution in [0.25, 0.3) is 0 Å². The molecule has 0 N–H and O–H groups in total. The van der Waals surface area contributed by atoms with E-state index in [1.807, 2.05) is 101 Å². The lowest BCUT2D eigenvalue weighted by Crippen LogP contribution is -2.54. The molecular weight excluding hydrogens is 596 g/mol. The van der Waals surface area contributed by atoms with Crippen LogP contribution in [-0.4, -0.2) is 23.3 Å². The first-order valence-electron chi connectivity index (χ1n) is 12.3. The van der Waals surface area contributed by atoms with Crippen molar-refractivity contribution in [1.82, 2.24) is 0 Å². The quantitative estimate of drug-likeness (QED) is 0.216. The number of fused-ring (bicyclic) bond motifs is 2. The van der Waals surface area contributed by atoms with E-state index in [1.165, 1.54) is 11.8 Å². The molecule has 0 saturated carbocycles. The molecule has 0 radical (unpaired) electrons. The summed E-state index contributed by atoms with van der Waals surface area (Å²) < 4.78 is 6.34. The summed E-state index contributed by atoms with van der Waals surface area (Å²) in [4.78, 5) is 12.0. The number of hydrogen-bond donors (Lipinski definition) is 0. The smallest absolute Gasteiger partial charge is 0.365 e. The molecule has 2 aliphatic heterocycles. The number of benzene rings is 4. The van der Waals surface area contributed by atoms with Gasteiger partial charge in [-0.1, -0.05) is 82.1 Å². The summed E-state index contributed by atoms with van der Waals surface area (Å²) >= 11 is 11.1. The Hall–Kier alpha value is -3.59. The molecule has 2 aliphatic rings. The third-order valence-corrected chi connectivity index (χ3v) is 8.45. The Bertz CT molecular complexity index is 1600. The van der Waals surface area contributed by atoms with Gasteiger partial charge in [0, 0.05) is 26.2 Å². The zero-order valence-corrected chi connectivity index (χ0v) is 24.0. The minimum absolute atomic E-state index is 0.251. The maximum atomic E-state index is 13.1. The molecule has 4 aromatic carbocycles. The van der Waals surface area contributed by atoms with E-state index in [-0.39, 0.29) is 11.7 Å². The van der Waals surface area contributed by atoms with Gasteiger partial charge in [-0.2, -0.15) is 10.2 Å². The Labute approximate surface area is 244 Å². The van der Waals surface area contributed by atoms with Crippen molar-refractivity contribution in [3.8, 4) is 0 Å².